The Labute approximate surface area is 160 Å². The number of carbonyl (C=O) groups is 1. The Hall–Kier alpha value is -1.51. The lowest BCUT2D eigenvalue weighted by Gasteiger charge is -2.20. The van der Waals surface area contributed by atoms with Gasteiger partial charge in [-0.15, -0.1) is 24.0 Å². The first kappa shape index (κ1) is 18.8. The van der Waals surface area contributed by atoms with Crippen molar-refractivity contribution in [3.8, 4) is 0 Å². The number of nitrogens with one attached hydrogen (secondary N) is 3. The summed E-state index contributed by atoms with van der Waals surface area (Å²) in [5.41, 5.74) is 1.25. The quantitative estimate of drug-likeness (QED) is 0.365. The summed E-state index contributed by atoms with van der Waals surface area (Å²) in [7, 11) is 1.73. The molecule has 0 spiro atoms. The van der Waals surface area contributed by atoms with E-state index in [0.29, 0.717) is 18.0 Å². The van der Waals surface area contributed by atoms with E-state index in [0.717, 1.165) is 32.4 Å². The summed E-state index contributed by atoms with van der Waals surface area (Å²) >= 11 is 0. The second-order valence-corrected chi connectivity index (χ2v) is 6.18. The monoisotopic (exact) mass is 443 g/mol. The number of anilines is 1. The van der Waals surface area contributed by atoms with Crippen LogP contribution in [0.15, 0.2) is 35.3 Å². The van der Waals surface area contributed by atoms with Crippen LogP contribution in [0.5, 0.6) is 0 Å². The zero-order valence-corrected chi connectivity index (χ0v) is 16.3. The highest BCUT2D eigenvalue weighted by Crippen LogP contribution is 2.19. The maximum absolute atomic E-state index is 11.7. The molecule has 1 aliphatic heterocycles. The molecule has 132 valence electrons. The molecule has 1 aliphatic carbocycles. The second kappa shape index (κ2) is 9.10. The Morgan fingerprint density at radius 2 is 1.92 bits per heavy atom. The molecule has 1 amide bonds. The maximum atomic E-state index is 11.7. The molecule has 1 saturated carbocycles. The van der Waals surface area contributed by atoms with Crippen LogP contribution in [0.4, 0.5) is 5.69 Å². The van der Waals surface area contributed by atoms with E-state index in [4.69, 9.17) is 0 Å². The fourth-order valence-corrected chi connectivity index (χ4v) is 2.81. The van der Waals surface area contributed by atoms with Crippen LogP contribution in [0.1, 0.15) is 19.3 Å². The van der Waals surface area contributed by atoms with Gasteiger partial charge in [-0.1, -0.05) is 18.2 Å². The number of rotatable bonds is 5. The average Bonchev–Trinajstić information content (AvgIpc) is 3.26. The van der Waals surface area contributed by atoms with Crippen LogP contribution in [-0.2, 0) is 4.79 Å². The van der Waals surface area contributed by atoms with Crippen LogP contribution in [0.25, 0.3) is 0 Å². The highest BCUT2D eigenvalue weighted by atomic mass is 127. The van der Waals surface area contributed by atoms with E-state index in [2.05, 4.69) is 50.1 Å². The van der Waals surface area contributed by atoms with Crippen molar-refractivity contribution in [3.05, 3.63) is 30.3 Å². The van der Waals surface area contributed by atoms with Crippen molar-refractivity contribution >= 4 is 41.5 Å². The summed E-state index contributed by atoms with van der Waals surface area (Å²) in [4.78, 5) is 18.3. The van der Waals surface area contributed by atoms with Gasteiger partial charge in [-0.3, -0.25) is 9.79 Å². The molecule has 6 nitrogen and oxygen atoms in total. The molecule has 1 saturated heterocycles. The van der Waals surface area contributed by atoms with E-state index in [9.17, 15) is 4.79 Å². The normalized spacial score (nSPS) is 20.3. The second-order valence-electron chi connectivity index (χ2n) is 6.18. The molecule has 0 aromatic heterocycles. The first-order valence-electron chi connectivity index (χ1n) is 8.31. The Kier molecular flexibility index (Phi) is 7.14. The van der Waals surface area contributed by atoms with Crippen molar-refractivity contribution in [3.63, 3.8) is 0 Å². The molecule has 0 bridgehead atoms. The van der Waals surface area contributed by atoms with E-state index in [1.54, 1.807) is 7.05 Å². The van der Waals surface area contributed by atoms with Gasteiger partial charge in [0.1, 0.15) is 0 Å². The third kappa shape index (κ3) is 5.54. The topological polar surface area (TPSA) is 68.8 Å². The third-order valence-electron chi connectivity index (χ3n) is 4.23. The van der Waals surface area contributed by atoms with E-state index in [1.165, 1.54) is 5.69 Å². The van der Waals surface area contributed by atoms with Crippen LogP contribution < -0.4 is 20.9 Å². The minimum Gasteiger partial charge on any atom is -0.369 e. The van der Waals surface area contributed by atoms with Crippen LogP contribution in [-0.4, -0.2) is 50.6 Å². The fraction of sp³-hybridized carbons (Fsp3) is 0.529. The van der Waals surface area contributed by atoms with Gasteiger partial charge >= 0.3 is 0 Å². The molecule has 24 heavy (non-hydrogen) atoms. The zero-order chi connectivity index (χ0) is 16.1. The minimum absolute atomic E-state index is 0. The predicted octanol–water partition coefficient (Wildman–Crippen LogP) is 1.33. The van der Waals surface area contributed by atoms with Crippen LogP contribution in [0.3, 0.4) is 0 Å². The van der Waals surface area contributed by atoms with Gasteiger partial charge in [0.25, 0.3) is 0 Å². The zero-order valence-electron chi connectivity index (χ0n) is 14.0. The van der Waals surface area contributed by atoms with E-state index < -0.39 is 0 Å². The molecule has 3 rings (SSSR count). The molecule has 1 atom stereocenters. The minimum atomic E-state index is 0. The summed E-state index contributed by atoms with van der Waals surface area (Å²) in [5, 5.41) is 9.46. The number of guanidine groups is 1. The van der Waals surface area contributed by atoms with E-state index in [1.807, 2.05) is 6.07 Å². The maximum Gasteiger partial charge on any atom is 0.239 e. The van der Waals surface area contributed by atoms with Crippen molar-refractivity contribution < 1.29 is 4.79 Å². The summed E-state index contributed by atoms with van der Waals surface area (Å²) in [5.74, 6) is 0.726. The molecule has 2 fully saturated rings. The Morgan fingerprint density at radius 3 is 2.58 bits per heavy atom. The fourth-order valence-electron chi connectivity index (χ4n) is 2.81. The molecular formula is C17H26IN5O. The largest absolute Gasteiger partial charge is 0.369 e. The van der Waals surface area contributed by atoms with Gasteiger partial charge in [-0.05, 0) is 31.4 Å². The van der Waals surface area contributed by atoms with E-state index in [-0.39, 0.29) is 36.4 Å². The predicted molar refractivity (Wildman–Crippen MR) is 108 cm³/mol. The van der Waals surface area contributed by atoms with Crippen molar-refractivity contribution in [2.75, 3.05) is 31.6 Å². The van der Waals surface area contributed by atoms with Crippen LogP contribution in [0, 0.1) is 0 Å². The van der Waals surface area contributed by atoms with Crippen molar-refractivity contribution in [1.82, 2.24) is 16.0 Å². The summed E-state index contributed by atoms with van der Waals surface area (Å²) in [6, 6.07) is 11.2. The van der Waals surface area contributed by atoms with Crippen LogP contribution >= 0.6 is 24.0 Å². The Morgan fingerprint density at radius 1 is 1.17 bits per heavy atom. The molecule has 1 aromatic carbocycles. The highest BCUT2D eigenvalue weighted by molar-refractivity contribution is 14.0. The molecular weight excluding hydrogens is 417 g/mol. The molecule has 2 aliphatic rings. The lowest BCUT2D eigenvalue weighted by atomic mass is 10.3. The summed E-state index contributed by atoms with van der Waals surface area (Å²) < 4.78 is 0. The number of hydrogen-bond acceptors (Lipinski definition) is 3. The first-order valence-corrected chi connectivity index (χ1v) is 8.31. The van der Waals surface area contributed by atoms with Gasteiger partial charge in [-0.25, -0.2) is 0 Å². The highest BCUT2D eigenvalue weighted by Gasteiger charge is 2.24. The SMILES string of the molecule is CN=C(NCC(=O)NC1CC1)NC1CCN(c2ccccc2)C1.I. The number of benzene rings is 1. The van der Waals surface area contributed by atoms with Crippen LogP contribution in [0.2, 0.25) is 0 Å². The van der Waals surface area contributed by atoms with Gasteiger partial charge in [0.15, 0.2) is 5.96 Å². The smallest absolute Gasteiger partial charge is 0.239 e. The van der Waals surface area contributed by atoms with Gasteiger partial charge < -0.3 is 20.9 Å². The van der Waals surface area contributed by atoms with E-state index >= 15 is 0 Å². The molecule has 1 heterocycles. The molecule has 1 aromatic rings. The third-order valence-corrected chi connectivity index (χ3v) is 4.23. The van der Waals surface area contributed by atoms with Gasteiger partial charge in [0.05, 0.1) is 6.54 Å². The summed E-state index contributed by atoms with van der Waals surface area (Å²) in [6.45, 7) is 2.24. The van der Waals surface area contributed by atoms with Crippen molar-refractivity contribution in [1.29, 1.82) is 0 Å². The number of hydrogen-bond donors (Lipinski definition) is 3. The summed E-state index contributed by atoms with van der Waals surface area (Å²) in [6.07, 6.45) is 3.27. The number of aliphatic imine (C=N–C) groups is 1. The van der Waals surface area contributed by atoms with Gasteiger partial charge in [0.2, 0.25) is 5.91 Å². The first-order chi connectivity index (χ1) is 11.2. The number of halogens is 1. The average molecular weight is 443 g/mol. The number of nitrogens with zero attached hydrogens (tertiary/aromatic N) is 2. The number of carbonyl (C=O) groups excluding carboxylic acids is 1. The number of para-hydroxylation sites is 1. The molecule has 1 unspecified atom stereocenters. The van der Waals surface area contributed by atoms with Gasteiger partial charge in [0, 0.05) is 37.9 Å². The van der Waals surface area contributed by atoms with Crippen molar-refractivity contribution in [2.45, 2.75) is 31.3 Å². The van der Waals surface area contributed by atoms with Gasteiger partial charge in [-0.2, -0.15) is 0 Å². The Bertz CT molecular complexity index is 561. The standard InChI is InChI=1S/C17H25N5O.HI/c1-18-17(19-11-16(23)20-13-7-8-13)21-14-9-10-22(12-14)15-5-3-2-4-6-15;/h2-6,13-14H,7-12H2,1H3,(H,20,23)(H2,18,19,21);1H. The van der Waals surface area contributed by atoms with Crippen molar-refractivity contribution in [2.24, 2.45) is 4.99 Å². The molecule has 7 heteroatoms. The number of amides is 1. The molecule has 0 radical (unpaired) electrons. The lowest BCUT2D eigenvalue weighted by Crippen LogP contribution is -2.47. The lowest BCUT2D eigenvalue weighted by molar-refractivity contribution is -0.120. The Balaban J connectivity index is 0.00000208. The molecule has 3 N–H and O–H groups in total.